The van der Waals surface area contributed by atoms with Gasteiger partial charge < -0.3 is 15.6 Å². The van der Waals surface area contributed by atoms with Crippen molar-refractivity contribution in [1.82, 2.24) is 4.90 Å². The standard InChI is InChI=1S/C19H20N2O4/c20-16(12-25-11-13-6-2-1-3-7-13)17(22)10-21-18(23)14-8-4-5-9-15(14)19(21)24/h1-9,16-17,22H,10-12,20H2. The number of aliphatic hydroxyl groups is 1. The second-order valence-electron chi connectivity index (χ2n) is 6.00. The molecular weight excluding hydrogens is 320 g/mol. The molecule has 0 radical (unpaired) electrons. The fourth-order valence-corrected chi connectivity index (χ4v) is 2.73. The lowest BCUT2D eigenvalue weighted by Crippen LogP contribution is -2.47. The Balaban J connectivity index is 1.53. The molecule has 2 atom stereocenters. The zero-order chi connectivity index (χ0) is 17.8. The monoisotopic (exact) mass is 340 g/mol. The molecule has 1 heterocycles. The number of hydrogen-bond donors (Lipinski definition) is 2. The maximum Gasteiger partial charge on any atom is 0.261 e. The number of β-amino-alcohol motifs (C(OH)–C–C–N with tert-alkyl or cyclic N) is 1. The first-order valence-corrected chi connectivity index (χ1v) is 8.08. The summed E-state index contributed by atoms with van der Waals surface area (Å²) in [6.07, 6.45) is -1.06. The quantitative estimate of drug-likeness (QED) is 0.739. The Kier molecular flexibility index (Phi) is 5.23. The molecule has 2 unspecified atom stereocenters. The maximum absolute atomic E-state index is 12.3. The smallest absolute Gasteiger partial charge is 0.261 e. The number of rotatable bonds is 7. The van der Waals surface area contributed by atoms with Crippen LogP contribution in [-0.2, 0) is 11.3 Å². The summed E-state index contributed by atoms with van der Waals surface area (Å²) in [5.74, 6) is -0.811. The molecule has 25 heavy (non-hydrogen) atoms. The van der Waals surface area contributed by atoms with Crippen molar-refractivity contribution in [2.24, 2.45) is 5.73 Å². The van der Waals surface area contributed by atoms with Gasteiger partial charge in [-0.25, -0.2) is 0 Å². The highest BCUT2D eigenvalue weighted by atomic mass is 16.5. The Labute approximate surface area is 145 Å². The SMILES string of the molecule is NC(COCc1ccccc1)C(O)CN1C(=O)c2ccccc2C1=O. The third-order valence-corrected chi connectivity index (χ3v) is 4.16. The first kappa shape index (κ1) is 17.3. The highest BCUT2D eigenvalue weighted by molar-refractivity contribution is 6.21. The fourth-order valence-electron chi connectivity index (χ4n) is 2.73. The number of benzene rings is 2. The van der Waals surface area contributed by atoms with E-state index in [2.05, 4.69) is 0 Å². The van der Waals surface area contributed by atoms with Crippen molar-refractivity contribution in [2.75, 3.05) is 13.2 Å². The molecule has 0 bridgehead atoms. The van der Waals surface area contributed by atoms with Crippen LogP contribution in [0.1, 0.15) is 26.3 Å². The topological polar surface area (TPSA) is 92.9 Å². The van der Waals surface area contributed by atoms with Crippen molar-refractivity contribution in [1.29, 1.82) is 0 Å². The first-order chi connectivity index (χ1) is 12.1. The summed E-state index contributed by atoms with van der Waals surface area (Å²) in [6.45, 7) is 0.357. The normalized spacial score (nSPS) is 16.0. The number of aliphatic hydroxyl groups excluding tert-OH is 1. The van der Waals surface area contributed by atoms with Crippen LogP contribution in [0.25, 0.3) is 0 Å². The van der Waals surface area contributed by atoms with E-state index in [1.54, 1.807) is 24.3 Å². The van der Waals surface area contributed by atoms with Gasteiger partial charge in [-0.05, 0) is 17.7 Å². The molecule has 0 saturated carbocycles. The van der Waals surface area contributed by atoms with Crippen molar-refractivity contribution in [3.05, 3.63) is 71.3 Å². The zero-order valence-electron chi connectivity index (χ0n) is 13.7. The third kappa shape index (κ3) is 3.76. The Bertz CT molecular complexity index is 728. The van der Waals surface area contributed by atoms with Crippen LogP contribution in [-0.4, -0.2) is 47.1 Å². The van der Waals surface area contributed by atoms with E-state index in [-0.39, 0.29) is 13.2 Å². The number of fused-ring (bicyclic) bond motifs is 1. The van der Waals surface area contributed by atoms with Gasteiger partial charge in [0.15, 0.2) is 0 Å². The first-order valence-electron chi connectivity index (χ1n) is 8.08. The number of imide groups is 1. The summed E-state index contributed by atoms with van der Waals surface area (Å²) in [6, 6.07) is 15.5. The molecule has 0 fully saturated rings. The number of hydrogen-bond acceptors (Lipinski definition) is 5. The Morgan fingerprint density at radius 1 is 0.960 bits per heavy atom. The van der Waals surface area contributed by atoms with E-state index in [4.69, 9.17) is 10.5 Å². The van der Waals surface area contributed by atoms with Gasteiger partial charge in [0.1, 0.15) is 0 Å². The van der Waals surface area contributed by atoms with Crippen molar-refractivity contribution >= 4 is 11.8 Å². The zero-order valence-corrected chi connectivity index (χ0v) is 13.7. The molecule has 6 heteroatoms. The molecule has 2 aromatic carbocycles. The van der Waals surface area contributed by atoms with Crippen molar-refractivity contribution < 1.29 is 19.4 Å². The van der Waals surface area contributed by atoms with E-state index in [1.807, 2.05) is 30.3 Å². The van der Waals surface area contributed by atoms with Crippen LogP contribution in [0.3, 0.4) is 0 Å². The minimum absolute atomic E-state index is 0.124. The Hall–Kier alpha value is -2.54. The van der Waals surface area contributed by atoms with E-state index in [0.29, 0.717) is 17.7 Å². The Morgan fingerprint density at radius 2 is 1.52 bits per heavy atom. The molecule has 3 N–H and O–H groups in total. The molecule has 0 spiro atoms. The van der Waals surface area contributed by atoms with Gasteiger partial charge in [0.05, 0.1) is 43.0 Å². The van der Waals surface area contributed by atoms with Gasteiger partial charge in [-0.15, -0.1) is 0 Å². The van der Waals surface area contributed by atoms with Gasteiger partial charge in [-0.2, -0.15) is 0 Å². The van der Waals surface area contributed by atoms with Gasteiger partial charge >= 0.3 is 0 Å². The Morgan fingerprint density at radius 3 is 2.12 bits per heavy atom. The number of amides is 2. The molecule has 0 saturated heterocycles. The molecule has 0 aromatic heterocycles. The molecular formula is C19H20N2O4. The molecule has 3 rings (SSSR count). The van der Waals surface area contributed by atoms with Crippen LogP contribution in [0.5, 0.6) is 0 Å². The number of nitrogens with two attached hydrogens (primary N) is 1. The summed E-state index contributed by atoms with van der Waals surface area (Å²) in [5, 5.41) is 10.2. The number of nitrogens with zero attached hydrogens (tertiary/aromatic N) is 1. The van der Waals surface area contributed by atoms with E-state index in [1.165, 1.54) is 0 Å². The molecule has 2 amide bonds. The number of carbonyl (C=O) groups excluding carboxylic acids is 2. The lowest BCUT2D eigenvalue weighted by molar-refractivity contribution is 0.0320. The summed E-state index contributed by atoms with van der Waals surface area (Å²) < 4.78 is 5.51. The second-order valence-corrected chi connectivity index (χ2v) is 6.00. The van der Waals surface area contributed by atoms with E-state index in [0.717, 1.165) is 10.5 Å². The summed E-state index contributed by atoms with van der Waals surface area (Å²) in [5.41, 5.74) is 7.65. The summed E-state index contributed by atoms with van der Waals surface area (Å²) in [7, 11) is 0. The van der Waals surface area contributed by atoms with E-state index in [9.17, 15) is 14.7 Å². The van der Waals surface area contributed by atoms with Crippen LogP contribution in [0, 0.1) is 0 Å². The average molecular weight is 340 g/mol. The summed E-state index contributed by atoms with van der Waals surface area (Å²) in [4.78, 5) is 25.6. The van der Waals surface area contributed by atoms with Crippen molar-refractivity contribution in [2.45, 2.75) is 18.8 Å². The van der Waals surface area contributed by atoms with E-state index < -0.39 is 24.0 Å². The van der Waals surface area contributed by atoms with E-state index >= 15 is 0 Å². The van der Waals surface area contributed by atoms with Gasteiger partial charge in [0, 0.05) is 0 Å². The van der Waals surface area contributed by atoms with Crippen LogP contribution < -0.4 is 5.73 Å². The minimum atomic E-state index is -1.06. The second kappa shape index (κ2) is 7.57. The average Bonchev–Trinajstić information content (AvgIpc) is 2.88. The minimum Gasteiger partial charge on any atom is -0.390 e. The molecule has 1 aliphatic heterocycles. The molecule has 6 nitrogen and oxygen atoms in total. The number of carbonyl (C=O) groups is 2. The van der Waals surface area contributed by atoms with Crippen LogP contribution in [0.2, 0.25) is 0 Å². The maximum atomic E-state index is 12.3. The van der Waals surface area contributed by atoms with Crippen LogP contribution in [0.4, 0.5) is 0 Å². The molecule has 1 aliphatic rings. The van der Waals surface area contributed by atoms with Crippen LogP contribution in [0.15, 0.2) is 54.6 Å². The number of ether oxygens (including phenoxy) is 1. The highest BCUT2D eigenvalue weighted by Gasteiger charge is 2.36. The third-order valence-electron chi connectivity index (χ3n) is 4.16. The predicted octanol–water partition coefficient (Wildman–Crippen LogP) is 1.19. The van der Waals surface area contributed by atoms with Crippen molar-refractivity contribution in [3.8, 4) is 0 Å². The molecule has 0 aliphatic carbocycles. The highest BCUT2D eigenvalue weighted by Crippen LogP contribution is 2.22. The lowest BCUT2D eigenvalue weighted by Gasteiger charge is -2.23. The van der Waals surface area contributed by atoms with Crippen molar-refractivity contribution in [3.63, 3.8) is 0 Å². The molecule has 2 aromatic rings. The largest absolute Gasteiger partial charge is 0.390 e. The van der Waals surface area contributed by atoms with Crippen LogP contribution >= 0.6 is 0 Å². The fraction of sp³-hybridized carbons (Fsp3) is 0.263. The predicted molar refractivity (Wildman–Crippen MR) is 91.9 cm³/mol. The van der Waals surface area contributed by atoms with Gasteiger partial charge in [-0.1, -0.05) is 42.5 Å². The molecule has 130 valence electrons. The van der Waals surface area contributed by atoms with Gasteiger partial charge in [0.25, 0.3) is 11.8 Å². The van der Waals surface area contributed by atoms with Gasteiger partial charge in [-0.3, -0.25) is 14.5 Å². The lowest BCUT2D eigenvalue weighted by atomic mass is 10.1. The van der Waals surface area contributed by atoms with Gasteiger partial charge in [0.2, 0.25) is 0 Å². The summed E-state index contributed by atoms with van der Waals surface area (Å²) >= 11 is 0.